The van der Waals surface area contributed by atoms with Crippen molar-refractivity contribution >= 4 is 5.65 Å². The van der Waals surface area contributed by atoms with E-state index in [-0.39, 0.29) is 0 Å². The van der Waals surface area contributed by atoms with Gasteiger partial charge in [-0.05, 0) is 87.0 Å². The molecule has 1 N–H and O–H groups in total. The number of aromatic nitrogens is 2. The van der Waals surface area contributed by atoms with Crippen molar-refractivity contribution in [1.82, 2.24) is 19.6 Å². The van der Waals surface area contributed by atoms with Gasteiger partial charge >= 0.3 is 0 Å². The molecule has 34 heavy (non-hydrogen) atoms. The number of piperidine rings is 2. The van der Waals surface area contributed by atoms with Crippen LogP contribution in [0.15, 0.2) is 42.7 Å². The Labute approximate surface area is 203 Å². The van der Waals surface area contributed by atoms with E-state index in [1.54, 1.807) is 14.2 Å². The predicted molar refractivity (Wildman–Crippen MR) is 137 cm³/mol. The second kappa shape index (κ2) is 9.96. The zero-order chi connectivity index (χ0) is 23.7. The number of fused-ring (bicyclic) bond motifs is 1. The van der Waals surface area contributed by atoms with Gasteiger partial charge in [0.2, 0.25) is 0 Å². The fourth-order valence-electron chi connectivity index (χ4n) is 5.95. The zero-order valence-corrected chi connectivity index (χ0v) is 21.0. The minimum Gasteiger partial charge on any atom is -0.493 e. The molecule has 2 fully saturated rings. The molecular weight excluding hydrogens is 424 g/mol. The maximum atomic E-state index is 5.49. The highest BCUT2D eigenvalue weighted by molar-refractivity contribution is 5.66. The molecule has 0 radical (unpaired) electrons. The summed E-state index contributed by atoms with van der Waals surface area (Å²) in [5.41, 5.74) is 4.37. The first kappa shape index (κ1) is 23.2. The molecule has 3 aromatic rings. The number of hydrogen-bond donors (Lipinski definition) is 1. The quantitative estimate of drug-likeness (QED) is 0.560. The summed E-state index contributed by atoms with van der Waals surface area (Å²) in [6.07, 6.45) is 9.47. The van der Waals surface area contributed by atoms with Crippen LogP contribution < -0.4 is 14.8 Å². The molecule has 4 heterocycles. The minimum atomic E-state index is 0.599. The molecule has 1 unspecified atom stereocenters. The Bertz CT molecular complexity index is 1120. The van der Waals surface area contributed by atoms with Crippen LogP contribution >= 0.6 is 0 Å². The summed E-state index contributed by atoms with van der Waals surface area (Å²) in [7, 11) is 3.32. The van der Waals surface area contributed by atoms with Crippen LogP contribution in [0.3, 0.4) is 0 Å². The van der Waals surface area contributed by atoms with Crippen molar-refractivity contribution in [3.8, 4) is 22.8 Å². The number of nitrogens with zero attached hydrogens (tertiary/aromatic N) is 3. The summed E-state index contributed by atoms with van der Waals surface area (Å²) >= 11 is 0. The first-order valence-electron chi connectivity index (χ1n) is 12.7. The maximum absolute atomic E-state index is 5.49. The number of rotatable bonds is 6. The van der Waals surface area contributed by atoms with Crippen molar-refractivity contribution in [1.29, 1.82) is 0 Å². The van der Waals surface area contributed by atoms with Gasteiger partial charge in [0.05, 0.1) is 19.9 Å². The molecule has 182 valence electrons. The van der Waals surface area contributed by atoms with Gasteiger partial charge in [0, 0.05) is 30.0 Å². The fourth-order valence-corrected chi connectivity index (χ4v) is 5.95. The summed E-state index contributed by atoms with van der Waals surface area (Å²) in [4.78, 5) is 7.71. The maximum Gasteiger partial charge on any atom is 0.161 e. The lowest BCUT2D eigenvalue weighted by molar-refractivity contribution is 0.0430. The van der Waals surface area contributed by atoms with E-state index in [1.807, 2.05) is 18.2 Å². The number of benzene rings is 1. The third-order valence-corrected chi connectivity index (χ3v) is 7.86. The number of methoxy groups -OCH3 is 2. The van der Waals surface area contributed by atoms with E-state index in [2.05, 4.69) is 53.0 Å². The van der Waals surface area contributed by atoms with Crippen LogP contribution in [0.5, 0.6) is 11.5 Å². The first-order chi connectivity index (χ1) is 16.6. The van der Waals surface area contributed by atoms with Gasteiger partial charge in [-0.25, -0.2) is 4.98 Å². The normalized spacial score (nSPS) is 22.4. The zero-order valence-electron chi connectivity index (χ0n) is 21.0. The average molecular weight is 463 g/mol. The number of imidazole rings is 1. The van der Waals surface area contributed by atoms with E-state index in [0.29, 0.717) is 17.9 Å². The molecule has 5 rings (SSSR count). The average Bonchev–Trinajstić information content (AvgIpc) is 3.32. The van der Waals surface area contributed by atoms with Gasteiger partial charge < -0.3 is 19.2 Å². The highest BCUT2D eigenvalue weighted by Gasteiger charge is 2.35. The lowest BCUT2D eigenvalue weighted by Gasteiger charge is -2.47. The highest BCUT2D eigenvalue weighted by Crippen LogP contribution is 2.37. The third kappa shape index (κ3) is 4.53. The van der Waals surface area contributed by atoms with Crippen molar-refractivity contribution in [3.63, 3.8) is 0 Å². The molecular formula is C28H38N4O2. The highest BCUT2D eigenvalue weighted by atomic mass is 16.5. The molecule has 0 aliphatic carbocycles. The Morgan fingerprint density at radius 2 is 1.76 bits per heavy atom. The monoisotopic (exact) mass is 462 g/mol. The van der Waals surface area contributed by atoms with E-state index in [1.165, 1.54) is 37.8 Å². The summed E-state index contributed by atoms with van der Waals surface area (Å²) in [6, 6.07) is 11.8. The van der Waals surface area contributed by atoms with Crippen molar-refractivity contribution in [2.75, 3.05) is 33.9 Å². The fraction of sp³-hybridized carbons (Fsp3) is 0.536. The van der Waals surface area contributed by atoms with E-state index in [4.69, 9.17) is 14.5 Å². The Hall–Kier alpha value is -2.57. The second-order valence-electron chi connectivity index (χ2n) is 10.2. The van der Waals surface area contributed by atoms with Gasteiger partial charge in [-0.3, -0.25) is 4.90 Å². The molecule has 1 aromatic carbocycles. The minimum absolute atomic E-state index is 0.599. The molecule has 2 saturated heterocycles. The lowest BCUT2D eigenvalue weighted by atomic mass is 9.80. The third-order valence-electron chi connectivity index (χ3n) is 7.86. The molecule has 0 amide bonds. The number of likely N-dealkylation sites (tertiary alicyclic amines) is 1. The number of hydrogen-bond acceptors (Lipinski definition) is 5. The largest absolute Gasteiger partial charge is 0.493 e. The van der Waals surface area contributed by atoms with Crippen molar-refractivity contribution in [3.05, 3.63) is 48.3 Å². The van der Waals surface area contributed by atoms with E-state index in [0.717, 1.165) is 47.5 Å². The van der Waals surface area contributed by atoms with Crippen molar-refractivity contribution in [2.45, 2.75) is 57.5 Å². The SMILES string of the molecule is COc1ccc(-c2cn3cc(C4CCN(C5CCNCC5)[C@@H](C(C)C)C4)ccc3n2)cc1OC. The number of nitrogens with one attached hydrogen (secondary N) is 1. The Kier molecular flexibility index (Phi) is 6.79. The Morgan fingerprint density at radius 3 is 2.50 bits per heavy atom. The lowest BCUT2D eigenvalue weighted by Crippen LogP contribution is -2.53. The molecule has 2 aromatic heterocycles. The standard InChI is InChI=1S/C28H38N4O2/c1-19(2)25-15-20(11-14-32(25)23-9-12-29-13-10-23)22-6-8-28-30-24(18-31(28)17-22)21-5-7-26(33-3)27(16-21)34-4/h5-8,16-20,23,25,29H,9-15H2,1-4H3/t20?,25-/m1/s1. The van der Waals surface area contributed by atoms with E-state index in [9.17, 15) is 0 Å². The molecule has 6 heteroatoms. The summed E-state index contributed by atoms with van der Waals surface area (Å²) in [6.45, 7) is 8.33. The van der Waals surface area contributed by atoms with Crippen LogP contribution in [-0.4, -0.2) is 60.2 Å². The van der Waals surface area contributed by atoms with Crippen LogP contribution in [0, 0.1) is 5.92 Å². The van der Waals surface area contributed by atoms with Gasteiger partial charge in [-0.15, -0.1) is 0 Å². The van der Waals surface area contributed by atoms with Gasteiger partial charge in [-0.2, -0.15) is 0 Å². The van der Waals surface area contributed by atoms with Gasteiger partial charge in [0.25, 0.3) is 0 Å². The summed E-state index contributed by atoms with van der Waals surface area (Å²) in [5.74, 6) is 2.72. The van der Waals surface area contributed by atoms with Crippen molar-refractivity contribution in [2.24, 2.45) is 5.92 Å². The number of ether oxygens (including phenoxy) is 2. The van der Waals surface area contributed by atoms with Gasteiger partial charge in [0.15, 0.2) is 11.5 Å². The van der Waals surface area contributed by atoms with Crippen LogP contribution in [0.25, 0.3) is 16.9 Å². The van der Waals surface area contributed by atoms with Crippen LogP contribution in [0.2, 0.25) is 0 Å². The predicted octanol–water partition coefficient (Wildman–Crippen LogP) is 4.97. The molecule has 0 bridgehead atoms. The van der Waals surface area contributed by atoms with Gasteiger partial charge in [-0.1, -0.05) is 19.9 Å². The smallest absolute Gasteiger partial charge is 0.161 e. The molecule has 2 aliphatic rings. The van der Waals surface area contributed by atoms with E-state index < -0.39 is 0 Å². The topological polar surface area (TPSA) is 51.0 Å². The Morgan fingerprint density at radius 1 is 0.971 bits per heavy atom. The van der Waals surface area contributed by atoms with Crippen LogP contribution in [0.4, 0.5) is 0 Å². The van der Waals surface area contributed by atoms with E-state index >= 15 is 0 Å². The molecule has 6 nitrogen and oxygen atoms in total. The molecule has 0 spiro atoms. The molecule has 2 aliphatic heterocycles. The van der Waals surface area contributed by atoms with Crippen LogP contribution in [-0.2, 0) is 0 Å². The molecule has 2 atom stereocenters. The second-order valence-corrected chi connectivity index (χ2v) is 10.2. The van der Waals surface area contributed by atoms with Gasteiger partial charge in [0.1, 0.15) is 5.65 Å². The van der Waals surface area contributed by atoms with Crippen LogP contribution in [0.1, 0.15) is 51.0 Å². The Balaban J connectivity index is 1.37. The van der Waals surface area contributed by atoms with Crippen molar-refractivity contribution < 1.29 is 9.47 Å². The first-order valence-corrected chi connectivity index (χ1v) is 12.7. The summed E-state index contributed by atoms with van der Waals surface area (Å²) in [5, 5.41) is 3.53. The molecule has 0 saturated carbocycles. The summed E-state index contributed by atoms with van der Waals surface area (Å²) < 4.78 is 13.1. The number of pyridine rings is 1.